The summed E-state index contributed by atoms with van der Waals surface area (Å²) in [5.74, 6) is 5.41. The molecule has 0 bridgehead atoms. The molecule has 0 heterocycles. The third kappa shape index (κ3) is 11.3. The molecule has 0 rings (SSSR count). The maximum atomic E-state index is 2.53. The molecule has 25 heavy (non-hydrogen) atoms. The Balaban J connectivity index is 0. The van der Waals surface area contributed by atoms with Crippen molar-refractivity contribution in [2.75, 3.05) is 0 Å². The third-order valence-corrected chi connectivity index (χ3v) is 6.53. The summed E-state index contributed by atoms with van der Waals surface area (Å²) in [4.78, 5) is 0. The molecular weight excluding hydrogens is 300 g/mol. The van der Waals surface area contributed by atoms with E-state index in [0.29, 0.717) is 0 Å². The molecule has 0 aromatic rings. The van der Waals surface area contributed by atoms with Crippen LogP contribution in [0.3, 0.4) is 0 Å². The van der Waals surface area contributed by atoms with E-state index in [1.165, 1.54) is 57.8 Å². The van der Waals surface area contributed by atoms with Crippen LogP contribution in [-0.2, 0) is 0 Å². The molecule has 0 aliphatic carbocycles. The van der Waals surface area contributed by atoms with Crippen LogP contribution >= 0.6 is 0 Å². The smallest absolute Gasteiger partial charge is 0.0355 e. The Labute approximate surface area is 163 Å². The maximum absolute atomic E-state index is 2.53. The van der Waals surface area contributed by atoms with Gasteiger partial charge in [-0.25, -0.2) is 0 Å². The molecule has 0 nitrogen and oxygen atoms in total. The van der Waals surface area contributed by atoms with Gasteiger partial charge in [-0.3, -0.25) is 0 Å². The lowest BCUT2D eigenvalue weighted by atomic mass is 9.68. The van der Waals surface area contributed by atoms with Crippen molar-refractivity contribution in [1.29, 1.82) is 0 Å². The van der Waals surface area contributed by atoms with Crippen molar-refractivity contribution in [3.05, 3.63) is 0 Å². The van der Waals surface area contributed by atoms with Gasteiger partial charge in [-0.05, 0) is 41.9 Å². The van der Waals surface area contributed by atoms with Crippen LogP contribution in [0.1, 0.15) is 127 Å². The lowest BCUT2D eigenvalue weighted by Crippen LogP contribution is -2.30. The molecule has 0 aliphatic rings. The first kappa shape index (κ1) is 27.2. The first-order chi connectivity index (χ1) is 11.9. The van der Waals surface area contributed by atoms with Crippen molar-refractivity contribution < 1.29 is 0 Å². The fourth-order valence-electron chi connectivity index (χ4n) is 4.84. The van der Waals surface area contributed by atoms with E-state index in [2.05, 4.69) is 55.4 Å². The van der Waals surface area contributed by atoms with Gasteiger partial charge in [0.05, 0.1) is 0 Å². The van der Waals surface area contributed by atoms with Gasteiger partial charge in [0.25, 0.3) is 0 Å². The van der Waals surface area contributed by atoms with Crippen molar-refractivity contribution in [3.63, 3.8) is 0 Å². The highest BCUT2D eigenvalue weighted by Gasteiger charge is 2.31. The minimum atomic E-state index is 0.818. The summed E-state index contributed by atoms with van der Waals surface area (Å²) < 4.78 is 0. The van der Waals surface area contributed by atoms with Gasteiger partial charge in [-0.15, -0.1) is 0 Å². The van der Waals surface area contributed by atoms with Crippen molar-refractivity contribution in [3.8, 4) is 0 Å². The lowest BCUT2D eigenvalue weighted by molar-refractivity contribution is 0.118. The van der Waals surface area contributed by atoms with Crippen LogP contribution in [0.4, 0.5) is 0 Å². The zero-order valence-electron chi connectivity index (χ0n) is 19.8. The molecular formula is C25H54. The molecule has 4 atom stereocenters. The van der Waals surface area contributed by atoms with Gasteiger partial charge in [0.15, 0.2) is 0 Å². The SMILES string of the molecule is CC.CCCC(CCC)CCC(C(C)C(C)C)C(CC)C(C)CCC. The molecule has 0 amide bonds. The Morgan fingerprint density at radius 1 is 0.560 bits per heavy atom. The van der Waals surface area contributed by atoms with E-state index in [-0.39, 0.29) is 0 Å². The van der Waals surface area contributed by atoms with E-state index < -0.39 is 0 Å². The fraction of sp³-hybridized carbons (Fsp3) is 1.00. The van der Waals surface area contributed by atoms with Crippen LogP contribution in [0.5, 0.6) is 0 Å². The van der Waals surface area contributed by atoms with E-state index in [0.717, 1.165) is 35.5 Å². The van der Waals surface area contributed by atoms with Gasteiger partial charge in [-0.1, -0.05) is 121 Å². The fourth-order valence-corrected chi connectivity index (χ4v) is 4.84. The molecule has 0 fully saturated rings. The first-order valence-electron chi connectivity index (χ1n) is 11.9. The normalized spacial score (nSPS) is 16.3. The Kier molecular flexibility index (Phi) is 19.0. The van der Waals surface area contributed by atoms with E-state index in [9.17, 15) is 0 Å². The quantitative estimate of drug-likeness (QED) is 0.291. The zero-order chi connectivity index (χ0) is 19.8. The molecule has 0 heteroatoms. The van der Waals surface area contributed by atoms with Gasteiger partial charge in [0.2, 0.25) is 0 Å². The second-order valence-corrected chi connectivity index (χ2v) is 8.63. The largest absolute Gasteiger partial charge is 0.0683 e. The van der Waals surface area contributed by atoms with E-state index in [4.69, 9.17) is 0 Å². The molecule has 0 saturated heterocycles. The van der Waals surface area contributed by atoms with Gasteiger partial charge < -0.3 is 0 Å². The number of hydrogen-bond acceptors (Lipinski definition) is 0. The summed E-state index contributed by atoms with van der Waals surface area (Å²) in [6.45, 7) is 23.4. The van der Waals surface area contributed by atoms with Crippen molar-refractivity contribution >= 4 is 0 Å². The highest BCUT2D eigenvalue weighted by Crippen LogP contribution is 2.39. The third-order valence-electron chi connectivity index (χ3n) is 6.53. The summed E-state index contributed by atoms with van der Waals surface area (Å²) in [5.41, 5.74) is 0. The molecule has 0 aliphatic heterocycles. The molecule has 0 aromatic heterocycles. The van der Waals surface area contributed by atoms with Crippen LogP contribution in [-0.4, -0.2) is 0 Å². The predicted molar refractivity (Wildman–Crippen MR) is 119 cm³/mol. The lowest BCUT2D eigenvalue weighted by Gasteiger charge is -2.38. The van der Waals surface area contributed by atoms with Crippen LogP contribution in [0.2, 0.25) is 0 Å². The molecule has 0 N–H and O–H groups in total. The molecule has 0 spiro atoms. The summed E-state index contributed by atoms with van der Waals surface area (Å²) in [6, 6.07) is 0. The zero-order valence-corrected chi connectivity index (χ0v) is 19.8. The van der Waals surface area contributed by atoms with E-state index in [1.54, 1.807) is 0 Å². The topological polar surface area (TPSA) is 0 Å². The van der Waals surface area contributed by atoms with Gasteiger partial charge in [0.1, 0.15) is 0 Å². The Hall–Kier alpha value is 0. The van der Waals surface area contributed by atoms with E-state index in [1.807, 2.05) is 13.8 Å². The van der Waals surface area contributed by atoms with Crippen molar-refractivity contribution in [1.82, 2.24) is 0 Å². The van der Waals surface area contributed by atoms with Crippen LogP contribution in [0.25, 0.3) is 0 Å². The Morgan fingerprint density at radius 2 is 1.04 bits per heavy atom. The predicted octanol–water partition coefficient (Wildman–Crippen LogP) is 9.38. The summed E-state index contributed by atoms with van der Waals surface area (Å²) in [5, 5.41) is 0. The molecule has 154 valence electrons. The second-order valence-electron chi connectivity index (χ2n) is 8.63. The standard InChI is InChI=1S/C23H48.C2H6/c1-9-13-19(7)22(12-4)23(20(8)18(5)6)17-16-21(14-10-2)15-11-3;1-2/h18-23H,9-17H2,1-8H3;1-2H3. The minimum Gasteiger partial charge on any atom is -0.0683 e. The molecule has 0 aromatic carbocycles. The number of rotatable bonds is 14. The maximum Gasteiger partial charge on any atom is -0.0355 e. The second kappa shape index (κ2) is 17.4. The van der Waals surface area contributed by atoms with E-state index >= 15 is 0 Å². The van der Waals surface area contributed by atoms with Crippen molar-refractivity contribution in [2.24, 2.45) is 35.5 Å². The van der Waals surface area contributed by atoms with Gasteiger partial charge in [0, 0.05) is 0 Å². The minimum absolute atomic E-state index is 0.818. The van der Waals surface area contributed by atoms with Crippen LogP contribution < -0.4 is 0 Å². The van der Waals surface area contributed by atoms with Gasteiger partial charge >= 0.3 is 0 Å². The first-order valence-corrected chi connectivity index (χ1v) is 11.9. The van der Waals surface area contributed by atoms with Crippen LogP contribution in [0, 0.1) is 35.5 Å². The summed E-state index contributed by atoms with van der Waals surface area (Å²) >= 11 is 0. The monoisotopic (exact) mass is 354 g/mol. The summed E-state index contributed by atoms with van der Waals surface area (Å²) in [7, 11) is 0. The van der Waals surface area contributed by atoms with Crippen molar-refractivity contribution in [2.45, 2.75) is 127 Å². The van der Waals surface area contributed by atoms with Gasteiger partial charge in [-0.2, -0.15) is 0 Å². The highest BCUT2D eigenvalue weighted by atomic mass is 14.4. The Bertz CT molecular complexity index is 249. The average molecular weight is 355 g/mol. The summed E-state index contributed by atoms with van der Waals surface area (Å²) in [6.07, 6.45) is 12.7. The molecule has 4 unspecified atom stereocenters. The molecule has 0 saturated carbocycles. The van der Waals surface area contributed by atoms with Crippen LogP contribution in [0.15, 0.2) is 0 Å². The molecule has 0 radical (unpaired) electrons. The Morgan fingerprint density at radius 3 is 1.40 bits per heavy atom. The number of hydrogen-bond donors (Lipinski definition) is 0. The highest BCUT2D eigenvalue weighted by molar-refractivity contribution is 4.80. The average Bonchev–Trinajstić information content (AvgIpc) is 2.60.